The summed E-state index contributed by atoms with van der Waals surface area (Å²) in [6.45, 7) is 4.27. The van der Waals surface area contributed by atoms with E-state index in [9.17, 15) is 9.59 Å². The molecular formula is C21H22N5O3+. The summed E-state index contributed by atoms with van der Waals surface area (Å²) in [5.41, 5.74) is 2.02. The normalized spacial score (nSPS) is 21.1. The fourth-order valence-electron chi connectivity index (χ4n) is 4.16. The molecule has 1 aromatic heterocycles. The Morgan fingerprint density at radius 2 is 2.03 bits per heavy atom. The minimum Gasteiger partial charge on any atom is -0.466 e. The number of rotatable bonds is 4. The molecule has 3 aliphatic rings. The van der Waals surface area contributed by atoms with E-state index in [0.29, 0.717) is 18.9 Å². The summed E-state index contributed by atoms with van der Waals surface area (Å²) in [7, 11) is 1.69. The van der Waals surface area contributed by atoms with Crippen molar-refractivity contribution in [2.75, 3.05) is 20.1 Å². The number of amidine groups is 1. The Balaban J connectivity index is 1.46. The zero-order chi connectivity index (χ0) is 20.1. The largest absolute Gasteiger partial charge is 0.466 e. The number of guanidine groups is 1. The number of imide groups is 1. The van der Waals surface area contributed by atoms with E-state index < -0.39 is 6.04 Å². The number of carbonyl (C=O) groups excluding carboxylic acids is 2. The van der Waals surface area contributed by atoms with E-state index in [4.69, 9.17) is 4.42 Å². The van der Waals surface area contributed by atoms with Crippen LogP contribution in [0.2, 0.25) is 0 Å². The van der Waals surface area contributed by atoms with Gasteiger partial charge < -0.3 is 4.42 Å². The predicted molar refractivity (Wildman–Crippen MR) is 105 cm³/mol. The van der Waals surface area contributed by atoms with E-state index >= 15 is 0 Å². The molecule has 1 unspecified atom stereocenters. The van der Waals surface area contributed by atoms with Crippen LogP contribution in [-0.2, 0) is 17.9 Å². The summed E-state index contributed by atoms with van der Waals surface area (Å²) in [6, 6.07) is 10.7. The van der Waals surface area contributed by atoms with Gasteiger partial charge in [0.25, 0.3) is 5.91 Å². The molecule has 1 aromatic carbocycles. The second-order valence-electron chi connectivity index (χ2n) is 7.56. The molecule has 0 N–H and O–H groups in total. The number of hydrogen-bond acceptors (Lipinski definition) is 5. The standard InChI is InChI=1S/C21H22N5O3/c1-14-6-3-4-7-15(14)12-26-19(27)17-18(23(2)21(26)28)22-20-24(9-10-25(17)20)13-16-8-5-11-29-16/h3-8,11,17H,9-10,12-13H2,1-2H3/q+1. The summed E-state index contributed by atoms with van der Waals surface area (Å²) in [4.78, 5) is 35.8. The Morgan fingerprint density at radius 1 is 1.21 bits per heavy atom. The molecule has 148 valence electrons. The monoisotopic (exact) mass is 392 g/mol. The summed E-state index contributed by atoms with van der Waals surface area (Å²) < 4.78 is 7.54. The Bertz CT molecular complexity index is 1060. The third kappa shape index (κ3) is 2.74. The van der Waals surface area contributed by atoms with E-state index in [-0.39, 0.29) is 18.5 Å². The van der Waals surface area contributed by atoms with Crippen molar-refractivity contribution in [3.05, 3.63) is 59.5 Å². The Morgan fingerprint density at radius 3 is 2.79 bits per heavy atom. The zero-order valence-corrected chi connectivity index (χ0v) is 16.4. The predicted octanol–water partition coefficient (Wildman–Crippen LogP) is 1.65. The molecule has 1 atom stereocenters. The number of nitrogens with zero attached hydrogens (tertiary/aromatic N) is 5. The van der Waals surface area contributed by atoms with Crippen LogP contribution in [0, 0.1) is 6.92 Å². The Kier molecular flexibility index (Phi) is 4.01. The van der Waals surface area contributed by atoms with Gasteiger partial charge in [-0.1, -0.05) is 29.3 Å². The van der Waals surface area contributed by atoms with Crippen molar-refractivity contribution in [2.45, 2.75) is 26.1 Å². The van der Waals surface area contributed by atoms with Crippen molar-refractivity contribution < 1.29 is 18.6 Å². The third-order valence-electron chi connectivity index (χ3n) is 5.80. The third-order valence-corrected chi connectivity index (χ3v) is 5.80. The minimum atomic E-state index is -0.557. The summed E-state index contributed by atoms with van der Waals surface area (Å²) >= 11 is 0. The first-order valence-corrected chi connectivity index (χ1v) is 9.67. The van der Waals surface area contributed by atoms with Crippen LogP contribution in [0.25, 0.3) is 0 Å². The fraction of sp³-hybridized carbons (Fsp3) is 0.333. The van der Waals surface area contributed by atoms with Crippen LogP contribution in [0.15, 0.2) is 52.1 Å². The Labute approximate surface area is 168 Å². The summed E-state index contributed by atoms with van der Waals surface area (Å²) in [6.07, 6.45) is 1.65. The topological polar surface area (TPSA) is 72.4 Å². The van der Waals surface area contributed by atoms with Gasteiger partial charge >= 0.3 is 12.0 Å². The van der Waals surface area contributed by atoms with Crippen molar-refractivity contribution in [3.63, 3.8) is 0 Å². The van der Waals surface area contributed by atoms with Crippen LogP contribution in [0.1, 0.15) is 16.9 Å². The van der Waals surface area contributed by atoms with E-state index in [1.165, 1.54) is 9.80 Å². The maximum absolute atomic E-state index is 13.4. The quantitative estimate of drug-likeness (QED) is 0.742. The fourth-order valence-corrected chi connectivity index (χ4v) is 4.16. The number of carbonyl (C=O) groups is 2. The van der Waals surface area contributed by atoms with Crippen LogP contribution in [0.5, 0.6) is 0 Å². The molecule has 8 heteroatoms. The molecule has 1 fully saturated rings. The van der Waals surface area contributed by atoms with Gasteiger partial charge in [0.05, 0.1) is 25.9 Å². The molecule has 3 amide bonds. The van der Waals surface area contributed by atoms with Crippen molar-refractivity contribution >= 4 is 23.7 Å². The number of furan rings is 1. The first-order chi connectivity index (χ1) is 14.0. The van der Waals surface area contributed by atoms with Crippen LogP contribution < -0.4 is 0 Å². The summed E-state index contributed by atoms with van der Waals surface area (Å²) in [5, 5.41) is 0. The maximum atomic E-state index is 13.4. The lowest BCUT2D eigenvalue weighted by molar-refractivity contribution is -0.537. The maximum Gasteiger partial charge on any atom is 0.393 e. The molecule has 29 heavy (non-hydrogen) atoms. The number of urea groups is 1. The highest BCUT2D eigenvalue weighted by Gasteiger charge is 2.57. The highest BCUT2D eigenvalue weighted by atomic mass is 16.3. The van der Waals surface area contributed by atoms with Gasteiger partial charge in [-0.2, -0.15) is 0 Å². The van der Waals surface area contributed by atoms with Crippen LogP contribution in [0.3, 0.4) is 0 Å². The molecular weight excluding hydrogens is 370 g/mol. The second-order valence-corrected chi connectivity index (χ2v) is 7.56. The average Bonchev–Trinajstić information content (AvgIpc) is 3.43. The average molecular weight is 392 g/mol. The second kappa shape index (κ2) is 6.58. The van der Waals surface area contributed by atoms with Gasteiger partial charge in [0, 0.05) is 7.05 Å². The van der Waals surface area contributed by atoms with Crippen LogP contribution in [0.4, 0.5) is 4.79 Å². The molecule has 5 rings (SSSR count). The lowest BCUT2D eigenvalue weighted by Gasteiger charge is -2.34. The van der Waals surface area contributed by atoms with Crippen molar-refractivity contribution in [2.24, 2.45) is 4.99 Å². The van der Waals surface area contributed by atoms with Crippen molar-refractivity contribution in [1.82, 2.24) is 14.7 Å². The van der Waals surface area contributed by atoms with Gasteiger partial charge in [0.1, 0.15) is 12.3 Å². The molecule has 4 heterocycles. The van der Waals surface area contributed by atoms with E-state index in [0.717, 1.165) is 29.4 Å². The molecule has 3 aliphatic heterocycles. The minimum absolute atomic E-state index is 0.218. The number of aryl methyl sites for hydroxylation is 1. The van der Waals surface area contributed by atoms with Crippen molar-refractivity contribution in [3.8, 4) is 0 Å². The molecule has 1 saturated heterocycles. The molecule has 0 saturated carbocycles. The van der Waals surface area contributed by atoms with Gasteiger partial charge in [0.2, 0.25) is 11.9 Å². The number of hydrogen-bond donors (Lipinski definition) is 0. The van der Waals surface area contributed by atoms with E-state index in [1.807, 2.05) is 48.2 Å². The van der Waals surface area contributed by atoms with Gasteiger partial charge in [-0.25, -0.2) is 9.69 Å². The highest BCUT2D eigenvalue weighted by Crippen LogP contribution is 2.27. The van der Waals surface area contributed by atoms with Gasteiger partial charge in [0.15, 0.2) is 0 Å². The van der Waals surface area contributed by atoms with Crippen LogP contribution >= 0.6 is 0 Å². The SMILES string of the molecule is Cc1ccccc1CN1C(=O)C2C(=NC3=[N+](Cc4ccco4)CCN32)N(C)C1=O. The van der Waals surface area contributed by atoms with Gasteiger partial charge in [-0.05, 0) is 30.2 Å². The Hall–Kier alpha value is -3.42. The van der Waals surface area contributed by atoms with Gasteiger partial charge in [-0.15, -0.1) is 0 Å². The molecule has 0 aliphatic carbocycles. The first kappa shape index (κ1) is 17.7. The van der Waals surface area contributed by atoms with E-state index in [2.05, 4.69) is 9.57 Å². The van der Waals surface area contributed by atoms with Crippen molar-refractivity contribution in [1.29, 1.82) is 0 Å². The molecule has 2 aromatic rings. The molecule has 0 radical (unpaired) electrons. The summed E-state index contributed by atoms with van der Waals surface area (Å²) in [5.74, 6) is 1.85. The number of aliphatic imine (C=N–C) groups is 1. The van der Waals surface area contributed by atoms with Gasteiger partial charge in [-0.3, -0.25) is 19.2 Å². The first-order valence-electron chi connectivity index (χ1n) is 9.67. The number of benzene rings is 1. The molecule has 0 spiro atoms. The lowest BCUT2D eigenvalue weighted by atomic mass is 10.1. The number of amides is 3. The number of likely N-dealkylation sites (N-methyl/N-ethyl adjacent to an activating group) is 1. The smallest absolute Gasteiger partial charge is 0.393 e. The van der Waals surface area contributed by atoms with Crippen LogP contribution in [-0.4, -0.2) is 69.2 Å². The molecule has 0 bridgehead atoms. The molecule has 8 nitrogen and oxygen atoms in total. The number of fused-ring (bicyclic) bond motifs is 3. The van der Waals surface area contributed by atoms with E-state index in [1.54, 1.807) is 13.3 Å². The zero-order valence-electron chi connectivity index (χ0n) is 16.4. The highest BCUT2D eigenvalue weighted by molar-refractivity contribution is 6.25. The lowest BCUT2D eigenvalue weighted by Crippen LogP contribution is -2.63.